The zero-order valence-electron chi connectivity index (χ0n) is 13.9. The zero-order valence-corrected chi connectivity index (χ0v) is 13.9. The van der Waals surface area contributed by atoms with E-state index >= 15 is 0 Å². The van der Waals surface area contributed by atoms with Crippen molar-refractivity contribution >= 4 is 11.4 Å². The topological polar surface area (TPSA) is 37.2 Å². The van der Waals surface area contributed by atoms with Gasteiger partial charge in [0.1, 0.15) is 0 Å². The molecule has 120 valence electrons. The number of nitrogens with zero attached hydrogens (tertiary/aromatic N) is 5. The van der Waals surface area contributed by atoms with E-state index < -0.39 is 0 Å². The second kappa shape index (κ2) is 4.92. The molecule has 0 radical (unpaired) electrons. The van der Waals surface area contributed by atoms with Crippen LogP contribution in [-0.4, -0.2) is 40.3 Å². The van der Waals surface area contributed by atoms with Crippen LogP contribution >= 0.6 is 0 Å². The summed E-state index contributed by atoms with van der Waals surface area (Å²) in [6, 6.07) is 15.1. The van der Waals surface area contributed by atoms with Gasteiger partial charge < -0.3 is 9.80 Å². The molecule has 2 aromatic carbocycles. The van der Waals surface area contributed by atoms with E-state index in [0.717, 1.165) is 31.2 Å². The van der Waals surface area contributed by atoms with Crippen molar-refractivity contribution < 1.29 is 0 Å². The van der Waals surface area contributed by atoms with Gasteiger partial charge in [-0.1, -0.05) is 24.3 Å². The molecular formula is C19H19N5. The van der Waals surface area contributed by atoms with Crippen molar-refractivity contribution in [2.75, 3.05) is 25.5 Å². The molecule has 5 rings (SSSR count). The summed E-state index contributed by atoms with van der Waals surface area (Å²) in [7, 11) is 4.12. The van der Waals surface area contributed by atoms with E-state index in [1.165, 1.54) is 28.2 Å². The molecule has 2 aliphatic heterocycles. The zero-order chi connectivity index (χ0) is 16.3. The van der Waals surface area contributed by atoms with Crippen molar-refractivity contribution in [3.63, 3.8) is 0 Å². The fourth-order valence-electron chi connectivity index (χ4n) is 3.89. The Labute approximate surface area is 141 Å². The van der Waals surface area contributed by atoms with E-state index in [0.29, 0.717) is 0 Å². The molecule has 0 atom stereocenters. The van der Waals surface area contributed by atoms with Gasteiger partial charge >= 0.3 is 0 Å². The van der Waals surface area contributed by atoms with Gasteiger partial charge in [-0.2, -0.15) is 0 Å². The Hall–Kier alpha value is -2.66. The molecule has 0 N–H and O–H groups in total. The maximum absolute atomic E-state index is 4.57. The predicted octanol–water partition coefficient (Wildman–Crippen LogP) is 3.00. The average molecular weight is 317 g/mol. The number of hydrogen-bond acceptors (Lipinski definition) is 4. The maximum Gasteiger partial charge on any atom is 0.170 e. The number of para-hydroxylation sites is 3. The molecular weight excluding hydrogens is 298 g/mol. The molecule has 3 aromatic rings. The highest BCUT2D eigenvalue weighted by Gasteiger charge is 2.32. The molecule has 0 amide bonds. The molecule has 1 aromatic heterocycles. The highest BCUT2D eigenvalue weighted by molar-refractivity contribution is 5.89. The van der Waals surface area contributed by atoms with Crippen molar-refractivity contribution in [1.29, 1.82) is 0 Å². The van der Waals surface area contributed by atoms with Gasteiger partial charge in [0.05, 0.1) is 23.6 Å². The molecule has 2 aliphatic rings. The smallest absolute Gasteiger partial charge is 0.170 e. The van der Waals surface area contributed by atoms with Crippen LogP contribution < -0.4 is 4.90 Å². The van der Waals surface area contributed by atoms with Gasteiger partial charge in [-0.3, -0.25) is 4.57 Å². The van der Waals surface area contributed by atoms with Crippen LogP contribution in [-0.2, 0) is 13.0 Å². The molecule has 0 saturated carbocycles. The van der Waals surface area contributed by atoms with Crippen molar-refractivity contribution in [3.8, 4) is 17.1 Å². The second-order valence-corrected chi connectivity index (χ2v) is 6.72. The Morgan fingerprint density at radius 3 is 2.67 bits per heavy atom. The van der Waals surface area contributed by atoms with E-state index in [4.69, 9.17) is 0 Å². The van der Waals surface area contributed by atoms with Gasteiger partial charge in [-0.25, -0.2) is 0 Å². The van der Waals surface area contributed by atoms with Crippen LogP contribution in [0.2, 0.25) is 0 Å². The summed E-state index contributed by atoms with van der Waals surface area (Å²) < 4.78 is 2.23. The van der Waals surface area contributed by atoms with Crippen LogP contribution in [0, 0.1) is 0 Å². The number of rotatable bonds is 2. The highest BCUT2D eigenvalue weighted by Crippen LogP contribution is 2.47. The lowest BCUT2D eigenvalue weighted by Crippen LogP contribution is -2.17. The average Bonchev–Trinajstić information content (AvgIpc) is 3.15. The predicted molar refractivity (Wildman–Crippen MR) is 94.9 cm³/mol. The van der Waals surface area contributed by atoms with Crippen molar-refractivity contribution in [2.45, 2.75) is 13.0 Å². The van der Waals surface area contributed by atoms with Gasteiger partial charge in [0, 0.05) is 12.1 Å². The molecule has 0 saturated heterocycles. The minimum absolute atomic E-state index is 0.760. The van der Waals surface area contributed by atoms with Crippen LogP contribution in [0.3, 0.4) is 0 Å². The Kier molecular flexibility index (Phi) is 2.82. The highest BCUT2D eigenvalue weighted by atomic mass is 15.3. The number of benzene rings is 2. The van der Waals surface area contributed by atoms with Gasteiger partial charge in [0.2, 0.25) is 0 Å². The van der Waals surface area contributed by atoms with Crippen molar-refractivity contribution in [2.24, 2.45) is 0 Å². The first-order chi connectivity index (χ1) is 11.7. The molecule has 5 nitrogen and oxygen atoms in total. The van der Waals surface area contributed by atoms with Crippen LogP contribution in [0.4, 0.5) is 11.4 Å². The SMILES string of the molecule is CN(C)Cc1nnc2n1-c1ccccc1N1CCc3cccc-2c31. The molecule has 0 bridgehead atoms. The number of anilines is 2. The third kappa shape index (κ3) is 1.79. The maximum atomic E-state index is 4.57. The van der Waals surface area contributed by atoms with Crippen LogP contribution in [0.1, 0.15) is 11.4 Å². The van der Waals surface area contributed by atoms with E-state index in [-0.39, 0.29) is 0 Å². The molecule has 0 spiro atoms. The fourth-order valence-corrected chi connectivity index (χ4v) is 3.89. The lowest BCUT2D eigenvalue weighted by Gasteiger charge is -2.21. The summed E-state index contributed by atoms with van der Waals surface area (Å²) in [5, 5.41) is 9.08. The van der Waals surface area contributed by atoms with Crippen LogP contribution in [0.25, 0.3) is 17.1 Å². The van der Waals surface area contributed by atoms with Crippen LogP contribution in [0.5, 0.6) is 0 Å². The van der Waals surface area contributed by atoms with Gasteiger partial charge in [-0.05, 0) is 44.3 Å². The molecule has 0 aliphatic carbocycles. The minimum atomic E-state index is 0.760. The molecule has 0 unspecified atom stereocenters. The summed E-state index contributed by atoms with van der Waals surface area (Å²) in [4.78, 5) is 4.57. The standard InChI is InChI=1S/C19H19N5/c1-22(2)12-17-20-21-19-14-7-5-6-13-10-11-23(18(13)14)15-8-3-4-9-16(15)24(17)19/h3-9H,10-12H2,1-2H3. The van der Waals surface area contributed by atoms with E-state index in [9.17, 15) is 0 Å². The summed E-state index contributed by atoms with van der Waals surface area (Å²) in [6.07, 6.45) is 1.08. The molecule has 3 heterocycles. The number of aromatic nitrogens is 3. The third-order valence-corrected chi connectivity index (χ3v) is 4.84. The Balaban J connectivity index is 1.87. The molecule has 5 heteroatoms. The Morgan fingerprint density at radius 1 is 1.00 bits per heavy atom. The summed E-state index contributed by atoms with van der Waals surface area (Å²) in [6.45, 7) is 1.78. The first-order valence-electron chi connectivity index (χ1n) is 8.32. The summed E-state index contributed by atoms with van der Waals surface area (Å²) in [5.41, 5.74) is 6.28. The van der Waals surface area contributed by atoms with Gasteiger partial charge in [-0.15, -0.1) is 10.2 Å². The minimum Gasteiger partial charge on any atom is -0.339 e. The first-order valence-corrected chi connectivity index (χ1v) is 8.32. The monoisotopic (exact) mass is 317 g/mol. The second-order valence-electron chi connectivity index (χ2n) is 6.72. The van der Waals surface area contributed by atoms with Crippen molar-refractivity contribution in [1.82, 2.24) is 19.7 Å². The summed E-state index contributed by atoms with van der Waals surface area (Å²) >= 11 is 0. The van der Waals surface area contributed by atoms with Crippen molar-refractivity contribution in [3.05, 3.63) is 53.9 Å². The van der Waals surface area contributed by atoms with E-state index in [1.54, 1.807) is 0 Å². The fraction of sp³-hybridized carbons (Fsp3) is 0.263. The summed E-state index contributed by atoms with van der Waals surface area (Å²) in [5.74, 6) is 1.92. The first kappa shape index (κ1) is 13.7. The lowest BCUT2D eigenvalue weighted by atomic mass is 10.1. The van der Waals surface area contributed by atoms with Gasteiger partial charge in [0.15, 0.2) is 11.6 Å². The quantitative estimate of drug-likeness (QED) is 0.728. The molecule has 0 fully saturated rings. The third-order valence-electron chi connectivity index (χ3n) is 4.84. The normalized spacial score (nSPS) is 14.4. The Morgan fingerprint density at radius 2 is 1.83 bits per heavy atom. The Bertz CT molecular complexity index is 941. The lowest BCUT2D eigenvalue weighted by molar-refractivity contribution is 0.387. The number of hydrogen-bond donors (Lipinski definition) is 0. The van der Waals surface area contributed by atoms with Gasteiger partial charge in [0.25, 0.3) is 0 Å². The van der Waals surface area contributed by atoms with E-state index in [1.807, 2.05) is 0 Å². The van der Waals surface area contributed by atoms with E-state index in [2.05, 4.69) is 81.1 Å². The number of fused-ring (bicyclic) bond motifs is 5. The largest absolute Gasteiger partial charge is 0.339 e. The van der Waals surface area contributed by atoms with Crippen LogP contribution in [0.15, 0.2) is 42.5 Å². The molecule has 24 heavy (non-hydrogen) atoms.